The van der Waals surface area contributed by atoms with Gasteiger partial charge in [-0.1, -0.05) is 0 Å². The molecule has 3 unspecified atom stereocenters. The van der Waals surface area contributed by atoms with Crippen molar-refractivity contribution in [1.29, 1.82) is 0 Å². The minimum atomic E-state index is -0.376. The average Bonchev–Trinajstić information content (AvgIpc) is 2.77. The lowest BCUT2D eigenvalue weighted by atomic mass is 9.89. The smallest absolute Gasteiger partial charge is 0.240 e. The van der Waals surface area contributed by atoms with Gasteiger partial charge in [0.05, 0.1) is 17.7 Å². The first-order chi connectivity index (χ1) is 8.15. The number of hydrogen-bond donors (Lipinski definition) is 2. The largest absolute Gasteiger partial charge is 0.379 e. The summed E-state index contributed by atoms with van der Waals surface area (Å²) < 4.78 is 5.41. The average molecular weight is 240 g/mol. The number of carbonyl (C=O) groups is 1. The maximum Gasteiger partial charge on any atom is 0.240 e. The molecule has 4 heteroatoms. The zero-order valence-electron chi connectivity index (χ0n) is 10.9. The zero-order valence-corrected chi connectivity index (χ0v) is 10.9. The van der Waals surface area contributed by atoms with E-state index in [0.717, 1.165) is 38.6 Å². The summed E-state index contributed by atoms with van der Waals surface area (Å²) in [6.07, 6.45) is 6.69. The highest BCUT2D eigenvalue weighted by Crippen LogP contribution is 2.24. The second kappa shape index (κ2) is 5.36. The lowest BCUT2D eigenvalue weighted by Crippen LogP contribution is -2.59. The van der Waals surface area contributed by atoms with Crippen LogP contribution in [-0.4, -0.2) is 37.2 Å². The Hall–Kier alpha value is -0.610. The summed E-state index contributed by atoms with van der Waals surface area (Å²) in [6.45, 7) is 2.96. The molecule has 2 rings (SSSR count). The first kappa shape index (κ1) is 12.8. The van der Waals surface area contributed by atoms with E-state index < -0.39 is 0 Å². The summed E-state index contributed by atoms with van der Waals surface area (Å²) in [5.41, 5.74) is -0.376. The van der Waals surface area contributed by atoms with E-state index in [0.29, 0.717) is 0 Å². The third-order valence-corrected chi connectivity index (χ3v) is 4.19. The Kier molecular flexibility index (Phi) is 4.05. The fraction of sp³-hybridized carbons (Fsp3) is 0.923. The highest BCUT2D eigenvalue weighted by Gasteiger charge is 2.37. The fourth-order valence-corrected chi connectivity index (χ4v) is 2.95. The third-order valence-electron chi connectivity index (χ3n) is 4.19. The van der Waals surface area contributed by atoms with E-state index in [1.807, 2.05) is 6.92 Å². The summed E-state index contributed by atoms with van der Waals surface area (Å²) in [7, 11) is 1.73. The van der Waals surface area contributed by atoms with Crippen molar-refractivity contribution in [1.82, 2.24) is 10.6 Å². The number of hydrogen-bond acceptors (Lipinski definition) is 3. The Balaban J connectivity index is 1.91. The van der Waals surface area contributed by atoms with Gasteiger partial charge >= 0.3 is 0 Å². The molecule has 1 aliphatic carbocycles. The number of carbonyl (C=O) groups excluding carboxylic acids is 1. The standard InChI is InChI=1S/C13H24N2O2/c1-13(8-3-4-9-14-13)12(16)15-10-6-5-7-11(10)17-2/h10-11,14H,3-9H2,1-2H3,(H,15,16). The Labute approximate surface area is 103 Å². The van der Waals surface area contributed by atoms with Crippen LogP contribution in [0.25, 0.3) is 0 Å². The van der Waals surface area contributed by atoms with E-state index >= 15 is 0 Å². The summed E-state index contributed by atoms with van der Waals surface area (Å²) in [6, 6.07) is 0.202. The van der Waals surface area contributed by atoms with Crippen LogP contribution in [0.15, 0.2) is 0 Å². The van der Waals surface area contributed by atoms with Crippen molar-refractivity contribution in [2.24, 2.45) is 0 Å². The van der Waals surface area contributed by atoms with E-state index in [-0.39, 0.29) is 23.6 Å². The topological polar surface area (TPSA) is 50.4 Å². The Morgan fingerprint density at radius 3 is 2.82 bits per heavy atom. The van der Waals surface area contributed by atoms with Gasteiger partial charge in [-0.2, -0.15) is 0 Å². The molecule has 0 spiro atoms. The first-order valence-electron chi connectivity index (χ1n) is 6.74. The van der Waals surface area contributed by atoms with Gasteiger partial charge in [0.15, 0.2) is 0 Å². The molecule has 4 nitrogen and oxygen atoms in total. The maximum absolute atomic E-state index is 12.3. The lowest BCUT2D eigenvalue weighted by Gasteiger charge is -2.35. The summed E-state index contributed by atoms with van der Waals surface area (Å²) in [5, 5.41) is 6.51. The molecule has 1 saturated heterocycles. The maximum atomic E-state index is 12.3. The number of amides is 1. The molecule has 1 saturated carbocycles. The van der Waals surface area contributed by atoms with Crippen LogP contribution in [0.3, 0.4) is 0 Å². The van der Waals surface area contributed by atoms with Crippen LogP contribution in [0, 0.1) is 0 Å². The van der Waals surface area contributed by atoms with Crippen LogP contribution < -0.4 is 10.6 Å². The minimum absolute atomic E-state index is 0.145. The molecule has 2 fully saturated rings. The highest BCUT2D eigenvalue weighted by atomic mass is 16.5. The molecule has 0 bridgehead atoms. The summed E-state index contributed by atoms with van der Waals surface area (Å²) >= 11 is 0. The normalized spacial score (nSPS) is 38.0. The van der Waals surface area contributed by atoms with Crippen molar-refractivity contribution in [2.45, 2.75) is 63.1 Å². The zero-order chi connectivity index (χ0) is 12.3. The SMILES string of the molecule is COC1CCCC1NC(=O)C1(C)CCCCN1. The fourth-order valence-electron chi connectivity index (χ4n) is 2.95. The van der Waals surface area contributed by atoms with Gasteiger partial charge in [0.25, 0.3) is 0 Å². The molecular weight excluding hydrogens is 216 g/mol. The number of nitrogens with one attached hydrogen (secondary N) is 2. The van der Waals surface area contributed by atoms with Crippen molar-refractivity contribution in [3.8, 4) is 0 Å². The van der Waals surface area contributed by atoms with Gasteiger partial charge in [0.2, 0.25) is 5.91 Å². The third kappa shape index (κ3) is 2.80. The van der Waals surface area contributed by atoms with Crippen molar-refractivity contribution in [3.05, 3.63) is 0 Å². The van der Waals surface area contributed by atoms with Crippen molar-refractivity contribution >= 4 is 5.91 Å². The predicted octanol–water partition coefficient (Wildman–Crippen LogP) is 1.20. The van der Waals surface area contributed by atoms with E-state index in [2.05, 4.69) is 10.6 Å². The van der Waals surface area contributed by atoms with E-state index in [1.54, 1.807) is 7.11 Å². The molecule has 98 valence electrons. The van der Waals surface area contributed by atoms with Gasteiger partial charge in [-0.25, -0.2) is 0 Å². The van der Waals surface area contributed by atoms with Crippen LogP contribution >= 0.6 is 0 Å². The monoisotopic (exact) mass is 240 g/mol. The Morgan fingerprint density at radius 1 is 1.35 bits per heavy atom. The molecule has 1 amide bonds. The van der Waals surface area contributed by atoms with Crippen LogP contribution in [-0.2, 0) is 9.53 Å². The summed E-state index contributed by atoms with van der Waals surface area (Å²) in [5.74, 6) is 0.145. The highest BCUT2D eigenvalue weighted by molar-refractivity contribution is 5.86. The van der Waals surface area contributed by atoms with Gasteiger partial charge in [0, 0.05) is 7.11 Å². The summed E-state index contributed by atoms with van der Waals surface area (Å²) in [4.78, 5) is 12.3. The molecule has 0 aromatic heterocycles. The van der Waals surface area contributed by atoms with Crippen LogP contribution in [0.2, 0.25) is 0 Å². The number of rotatable bonds is 3. The second-order valence-electron chi connectivity index (χ2n) is 5.50. The van der Waals surface area contributed by atoms with Gasteiger partial charge in [0.1, 0.15) is 0 Å². The number of methoxy groups -OCH3 is 1. The molecule has 2 N–H and O–H groups in total. The van der Waals surface area contributed by atoms with Gasteiger partial charge < -0.3 is 15.4 Å². The van der Waals surface area contributed by atoms with Gasteiger partial charge in [-0.15, -0.1) is 0 Å². The van der Waals surface area contributed by atoms with Gasteiger partial charge in [-0.05, 0) is 52.0 Å². The Morgan fingerprint density at radius 2 is 2.18 bits per heavy atom. The molecule has 0 aromatic carbocycles. The number of piperidine rings is 1. The number of ether oxygens (including phenoxy) is 1. The molecule has 2 aliphatic rings. The molecule has 3 atom stereocenters. The van der Waals surface area contributed by atoms with Gasteiger partial charge in [-0.3, -0.25) is 4.79 Å². The predicted molar refractivity (Wildman–Crippen MR) is 66.8 cm³/mol. The molecule has 1 aliphatic heterocycles. The second-order valence-corrected chi connectivity index (χ2v) is 5.50. The van der Waals surface area contributed by atoms with Crippen molar-refractivity contribution in [2.75, 3.05) is 13.7 Å². The van der Waals surface area contributed by atoms with Crippen LogP contribution in [0.5, 0.6) is 0 Å². The van der Waals surface area contributed by atoms with Crippen LogP contribution in [0.1, 0.15) is 45.4 Å². The van der Waals surface area contributed by atoms with E-state index in [1.165, 1.54) is 6.42 Å². The van der Waals surface area contributed by atoms with E-state index in [4.69, 9.17) is 4.74 Å². The molecule has 0 aromatic rings. The molecular formula is C13H24N2O2. The Bertz CT molecular complexity index is 275. The van der Waals surface area contributed by atoms with Crippen LogP contribution in [0.4, 0.5) is 0 Å². The molecule has 17 heavy (non-hydrogen) atoms. The van der Waals surface area contributed by atoms with Crippen molar-refractivity contribution < 1.29 is 9.53 Å². The minimum Gasteiger partial charge on any atom is -0.379 e. The quantitative estimate of drug-likeness (QED) is 0.779. The van der Waals surface area contributed by atoms with Crippen molar-refractivity contribution in [3.63, 3.8) is 0 Å². The first-order valence-corrected chi connectivity index (χ1v) is 6.74. The lowest BCUT2D eigenvalue weighted by molar-refractivity contribution is -0.129. The molecule has 0 radical (unpaired) electrons. The van der Waals surface area contributed by atoms with E-state index in [9.17, 15) is 4.79 Å². The molecule has 1 heterocycles.